The number of pyridine rings is 1. The fourth-order valence-corrected chi connectivity index (χ4v) is 2.89. The third kappa shape index (κ3) is 1.78. The van der Waals surface area contributed by atoms with Crippen LogP contribution in [0.25, 0.3) is 0 Å². The largest absolute Gasteiger partial charge is 0.293 e. The first-order valence-corrected chi connectivity index (χ1v) is 6.33. The highest BCUT2D eigenvalue weighted by Crippen LogP contribution is 2.39. The molecule has 0 radical (unpaired) electrons. The van der Waals surface area contributed by atoms with Gasteiger partial charge in [0.05, 0.1) is 10.0 Å². The lowest BCUT2D eigenvalue weighted by molar-refractivity contribution is 0.0890. The predicted octanol–water partition coefficient (Wildman–Crippen LogP) is 3.55. The second-order valence-electron chi connectivity index (χ2n) is 4.22. The first-order valence-electron chi connectivity index (χ1n) is 5.57. The molecule has 3 nitrogen and oxygen atoms in total. The second-order valence-corrected chi connectivity index (χ2v) is 5.04. The molecule has 0 unspecified atom stereocenters. The van der Waals surface area contributed by atoms with Crippen LogP contribution in [0.15, 0.2) is 36.7 Å². The van der Waals surface area contributed by atoms with Crippen molar-refractivity contribution in [1.82, 2.24) is 4.98 Å². The summed E-state index contributed by atoms with van der Waals surface area (Å²) in [5, 5.41) is 0.457. The van der Waals surface area contributed by atoms with E-state index < -0.39 is 5.92 Å². The highest BCUT2D eigenvalue weighted by Gasteiger charge is 2.41. The van der Waals surface area contributed by atoms with Crippen LogP contribution >= 0.6 is 23.2 Å². The number of rotatable bonds is 1. The van der Waals surface area contributed by atoms with Crippen molar-refractivity contribution in [2.75, 3.05) is 0 Å². The Bertz CT molecular complexity index is 657. The van der Waals surface area contributed by atoms with Crippen LogP contribution in [0, 0.1) is 0 Å². The lowest BCUT2D eigenvalue weighted by atomic mass is 9.95. The smallest absolute Gasteiger partial charge is 0.178 e. The molecule has 0 aliphatic heterocycles. The summed E-state index contributed by atoms with van der Waals surface area (Å²) in [4.78, 5) is 28.5. The van der Waals surface area contributed by atoms with Gasteiger partial charge in [-0.2, -0.15) is 0 Å². The Labute approximate surface area is 119 Å². The zero-order valence-electron chi connectivity index (χ0n) is 9.56. The fraction of sp³-hybridized carbons (Fsp3) is 0.0714. The van der Waals surface area contributed by atoms with Crippen LogP contribution in [0.3, 0.4) is 0 Å². The second kappa shape index (κ2) is 4.44. The van der Waals surface area contributed by atoms with E-state index in [4.69, 9.17) is 23.2 Å². The van der Waals surface area contributed by atoms with Crippen LogP contribution in [0.4, 0.5) is 0 Å². The number of nitrogens with zero attached hydrogens (tertiary/aromatic N) is 1. The van der Waals surface area contributed by atoms with Crippen molar-refractivity contribution in [3.63, 3.8) is 0 Å². The number of hydrogen-bond acceptors (Lipinski definition) is 3. The predicted molar refractivity (Wildman–Crippen MR) is 72.1 cm³/mol. The summed E-state index contributed by atoms with van der Waals surface area (Å²) in [5.74, 6) is -1.49. The Hall–Kier alpha value is -1.71. The summed E-state index contributed by atoms with van der Waals surface area (Å²) < 4.78 is 0. The van der Waals surface area contributed by atoms with E-state index in [1.807, 2.05) is 0 Å². The van der Waals surface area contributed by atoms with E-state index in [0.29, 0.717) is 16.7 Å². The van der Waals surface area contributed by atoms with Gasteiger partial charge in [0, 0.05) is 29.1 Å². The molecular weight excluding hydrogens is 285 g/mol. The molecule has 1 aliphatic carbocycles. The van der Waals surface area contributed by atoms with E-state index in [1.165, 1.54) is 12.4 Å². The maximum absolute atomic E-state index is 12.4. The number of hydrogen-bond donors (Lipinski definition) is 0. The van der Waals surface area contributed by atoms with E-state index >= 15 is 0 Å². The third-order valence-corrected chi connectivity index (χ3v) is 3.76. The third-order valence-electron chi connectivity index (χ3n) is 3.16. The number of aromatic nitrogens is 1. The van der Waals surface area contributed by atoms with E-state index in [0.717, 1.165) is 0 Å². The van der Waals surface area contributed by atoms with Gasteiger partial charge in [0.25, 0.3) is 0 Å². The van der Waals surface area contributed by atoms with Crippen molar-refractivity contribution in [3.05, 3.63) is 63.4 Å². The molecule has 19 heavy (non-hydrogen) atoms. The Morgan fingerprint density at radius 2 is 1.37 bits per heavy atom. The molecule has 2 aromatic rings. The SMILES string of the molecule is O=C1c2ccccc2C(=O)C1c1c(Cl)cncc1Cl. The summed E-state index contributed by atoms with van der Waals surface area (Å²) in [5.41, 5.74) is 1.17. The highest BCUT2D eigenvalue weighted by molar-refractivity contribution is 6.39. The monoisotopic (exact) mass is 291 g/mol. The Morgan fingerprint density at radius 3 is 1.84 bits per heavy atom. The van der Waals surface area contributed by atoms with E-state index in [1.54, 1.807) is 24.3 Å². The van der Waals surface area contributed by atoms with Crippen molar-refractivity contribution >= 4 is 34.8 Å². The van der Waals surface area contributed by atoms with Gasteiger partial charge in [-0.1, -0.05) is 47.5 Å². The lowest BCUT2D eigenvalue weighted by Crippen LogP contribution is -2.14. The number of halogens is 2. The molecule has 94 valence electrons. The minimum absolute atomic E-state index is 0.229. The molecule has 3 rings (SSSR count). The van der Waals surface area contributed by atoms with Crippen molar-refractivity contribution < 1.29 is 9.59 Å². The molecule has 0 N–H and O–H groups in total. The maximum Gasteiger partial charge on any atom is 0.178 e. The molecule has 1 aromatic heterocycles. The summed E-state index contributed by atoms with van der Waals surface area (Å²) >= 11 is 12.1. The van der Waals surface area contributed by atoms with Gasteiger partial charge < -0.3 is 0 Å². The summed E-state index contributed by atoms with van der Waals surface area (Å²) in [6.07, 6.45) is 2.76. The zero-order chi connectivity index (χ0) is 13.6. The summed E-state index contributed by atoms with van der Waals surface area (Å²) in [6, 6.07) is 6.72. The van der Waals surface area contributed by atoms with Gasteiger partial charge in [-0.25, -0.2) is 0 Å². The Morgan fingerprint density at radius 1 is 0.895 bits per heavy atom. The number of benzene rings is 1. The molecule has 0 saturated carbocycles. The van der Waals surface area contributed by atoms with Crippen molar-refractivity contribution in [2.24, 2.45) is 0 Å². The van der Waals surface area contributed by atoms with Crippen molar-refractivity contribution in [3.8, 4) is 0 Å². The summed E-state index contributed by atoms with van der Waals surface area (Å²) in [7, 11) is 0. The van der Waals surface area contributed by atoms with Gasteiger partial charge in [0.2, 0.25) is 0 Å². The van der Waals surface area contributed by atoms with Gasteiger partial charge in [0.1, 0.15) is 5.92 Å². The molecule has 1 aromatic carbocycles. The maximum atomic E-state index is 12.4. The van der Waals surface area contributed by atoms with Crippen LogP contribution in [0.5, 0.6) is 0 Å². The number of Topliss-reactive ketones (excluding diaryl/α,β-unsaturated/α-hetero) is 2. The van der Waals surface area contributed by atoms with Crippen LogP contribution < -0.4 is 0 Å². The molecule has 1 heterocycles. The minimum Gasteiger partial charge on any atom is -0.293 e. The van der Waals surface area contributed by atoms with Gasteiger partial charge in [-0.3, -0.25) is 14.6 Å². The van der Waals surface area contributed by atoms with Gasteiger partial charge >= 0.3 is 0 Å². The molecule has 0 amide bonds. The minimum atomic E-state index is -0.958. The van der Waals surface area contributed by atoms with Gasteiger partial charge in [-0.05, 0) is 0 Å². The fourth-order valence-electron chi connectivity index (χ4n) is 2.30. The Balaban J connectivity index is 2.20. The molecule has 0 bridgehead atoms. The average Bonchev–Trinajstić information content (AvgIpc) is 2.64. The number of ketones is 2. The van der Waals surface area contributed by atoms with Gasteiger partial charge in [-0.15, -0.1) is 0 Å². The van der Waals surface area contributed by atoms with Crippen LogP contribution in [-0.4, -0.2) is 16.6 Å². The molecule has 0 atom stereocenters. The zero-order valence-corrected chi connectivity index (χ0v) is 11.1. The van der Waals surface area contributed by atoms with Crippen LogP contribution in [-0.2, 0) is 0 Å². The molecular formula is C14H7Cl2NO2. The van der Waals surface area contributed by atoms with Gasteiger partial charge in [0.15, 0.2) is 11.6 Å². The van der Waals surface area contributed by atoms with Crippen molar-refractivity contribution in [1.29, 1.82) is 0 Å². The molecule has 0 saturated heterocycles. The molecule has 1 aliphatic rings. The van der Waals surface area contributed by atoms with Crippen LogP contribution in [0.2, 0.25) is 10.0 Å². The standard InChI is InChI=1S/C14H7Cl2NO2/c15-9-5-17-6-10(16)11(9)12-13(18)7-3-1-2-4-8(7)14(12)19/h1-6,12H. The first-order chi connectivity index (χ1) is 9.11. The Kier molecular flexibility index (Phi) is 2.88. The van der Waals surface area contributed by atoms with E-state index in [-0.39, 0.29) is 21.6 Å². The van der Waals surface area contributed by atoms with E-state index in [2.05, 4.69) is 4.98 Å². The van der Waals surface area contributed by atoms with Crippen LogP contribution in [0.1, 0.15) is 32.2 Å². The number of carbonyl (C=O) groups excluding carboxylic acids is 2. The highest BCUT2D eigenvalue weighted by atomic mass is 35.5. The normalized spacial score (nSPS) is 14.8. The number of carbonyl (C=O) groups is 2. The number of fused-ring (bicyclic) bond motifs is 1. The topological polar surface area (TPSA) is 47.0 Å². The average molecular weight is 292 g/mol. The summed E-state index contributed by atoms with van der Waals surface area (Å²) in [6.45, 7) is 0. The van der Waals surface area contributed by atoms with E-state index in [9.17, 15) is 9.59 Å². The quantitative estimate of drug-likeness (QED) is 0.755. The first kappa shape index (κ1) is 12.3. The lowest BCUT2D eigenvalue weighted by Gasteiger charge is -2.10. The molecule has 5 heteroatoms. The molecule has 0 spiro atoms. The van der Waals surface area contributed by atoms with Crippen molar-refractivity contribution in [2.45, 2.75) is 5.92 Å². The molecule has 0 fully saturated rings.